The lowest BCUT2D eigenvalue weighted by Gasteiger charge is -2.22. The first-order valence-corrected chi connectivity index (χ1v) is 8.69. The minimum absolute atomic E-state index is 0.0322. The van der Waals surface area contributed by atoms with Crippen molar-refractivity contribution in [2.75, 3.05) is 20.3 Å². The molecule has 1 amide bonds. The fourth-order valence-electron chi connectivity index (χ4n) is 2.95. The molecule has 1 aromatic heterocycles. The molecule has 0 spiro atoms. The summed E-state index contributed by atoms with van der Waals surface area (Å²) in [6.07, 6.45) is 1.72. The van der Waals surface area contributed by atoms with Gasteiger partial charge in [0.1, 0.15) is 0 Å². The molecule has 0 saturated heterocycles. The molecule has 3 aromatic rings. The van der Waals surface area contributed by atoms with Crippen LogP contribution in [0.15, 0.2) is 42.6 Å². The topological polar surface area (TPSA) is 67.5 Å². The zero-order valence-electron chi connectivity index (χ0n) is 15.3. The molecule has 0 fully saturated rings. The Labute approximate surface area is 152 Å². The molecule has 0 radical (unpaired) electrons. The SMILES string of the molecule is CCOc1ccc(CN(CC)C(=O)c2cccc3cn[nH]c23)cc1OC. The summed E-state index contributed by atoms with van der Waals surface area (Å²) in [6, 6.07) is 11.4. The second-order valence-corrected chi connectivity index (χ2v) is 5.88. The summed E-state index contributed by atoms with van der Waals surface area (Å²) < 4.78 is 11.0. The number of ether oxygens (including phenoxy) is 2. The van der Waals surface area contributed by atoms with Crippen molar-refractivity contribution >= 4 is 16.8 Å². The number of carbonyl (C=O) groups is 1. The largest absolute Gasteiger partial charge is 0.493 e. The van der Waals surface area contributed by atoms with Crippen molar-refractivity contribution in [3.63, 3.8) is 0 Å². The number of nitrogens with one attached hydrogen (secondary N) is 1. The molecular weight excluding hydrogens is 330 g/mol. The van der Waals surface area contributed by atoms with E-state index in [0.29, 0.717) is 36.8 Å². The summed E-state index contributed by atoms with van der Waals surface area (Å²) in [7, 11) is 1.61. The number of aromatic amines is 1. The van der Waals surface area contributed by atoms with Gasteiger partial charge in [-0.15, -0.1) is 0 Å². The third kappa shape index (κ3) is 3.49. The zero-order valence-corrected chi connectivity index (χ0v) is 15.3. The third-order valence-electron chi connectivity index (χ3n) is 4.28. The summed E-state index contributed by atoms with van der Waals surface area (Å²) in [4.78, 5) is 14.8. The monoisotopic (exact) mass is 353 g/mol. The van der Waals surface area contributed by atoms with Gasteiger partial charge in [0, 0.05) is 18.5 Å². The van der Waals surface area contributed by atoms with Gasteiger partial charge >= 0.3 is 0 Å². The van der Waals surface area contributed by atoms with E-state index in [-0.39, 0.29) is 5.91 Å². The van der Waals surface area contributed by atoms with E-state index in [4.69, 9.17) is 9.47 Å². The second kappa shape index (κ2) is 7.91. The molecule has 0 unspecified atom stereocenters. The van der Waals surface area contributed by atoms with Crippen molar-refractivity contribution in [2.24, 2.45) is 0 Å². The lowest BCUT2D eigenvalue weighted by atomic mass is 10.1. The van der Waals surface area contributed by atoms with Gasteiger partial charge in [0.15, 0.2) is 11.5 Å². The molecular formula is C20H23N3O3. The number of para-hydroxylation sites is 1. The summed E-state index contributed by atoms with van der Waals surface area (Å²) in [5.74, 6) is 1.34. The van der Waals surface area contributed by atoms with Gasteiger partial charge < -0.3 is 14.4 Å². The molecule has 1 heterocycles. The minimum Gasteiger partial charge on any atom is -0.493 e. The number of fused-ring (bicyclic) bond motifs is 1. The molecule has 0 bridgehead atoms. The van der Waals surface area contributed by atoms with Crippen LogP contribution in [-0.2, 0) is 6.54 Å². The first-order chi connectivity index (χ1) is 12.7. The third-order valence-corrected chi connectivity index (χ3v) is 4.28. The van der Waals surface area contributed by atoms with Crippen molar-refractivity contribution in [1.29, 1.82) is 0 Å². The highest BCUT2D eigenvalue weighted by Crippen LogP contribution is 2.29. The normalized spacial score (nSPS) is 10.7. The van der Waals surface area contributed by atoms with Crippen LogP contribution in [0.25, 0.3) is 10.9 Å². The predicted octanol–water partition coefficient (Wildman–Crippen LogP) is 3.63. The minimum atomic E-state index is -0.0322. The Morgan fingerprint density at radius 3 is 2.77 bits per heavy atom. The van der Waals surface area contributed by atoms with Crippen LogP contribution in [0.1, 0.15) is 29.8 Å². The smallest absolute Gasteiger partial charge is 0.256 e. The molecule has 0 saturated carbocycles. The van der Waals surface area contributed by atoms with Crippen molar-refractivity contribution in [3.8, 4) is 11.5 Å². The van der Waals surface area contributed by atoms with Gasteiger partial charge in [0.05, 0.1) is 31.0 Å². The highest BCUT2D eigenvalue weighted by molar-refractivity contribution is 6.05. The van der Waals surface area contributed by atoms with Crippen LogP contribution >= 0.6 is 0 Å². The van der Waals surface area contributed by atoms with Gasteiger partial charge in [-0.25, -0.2) is 0 Å². The number of hydrogen-bond donors (Lipinski definition) is 1. The first kappa shape index (κ1) is 17.8. The van der Waals surface area contributed by atoms with Gasteiger partial charge in [-0.05, 0) is 37.6 Å². The fourth-order valence-corrected chi connectivity index (χ4v) is 2.95. The van der Waals surface area contributed by atoms with Gasteiger partial charge in [-0.1, -0.05) is 18.2 Å². The lowest BCUT2D eigenvalue weighted by Crippen LogP contribution is -2.30. The van der Waals surface area contributed by atoms with E-state index >= 15 is 0 Å². The van der Waals surface area contributed by atoms with E-state index in [1.807, 2.05) is 50.2 Å². The number of H-pyrrole nitrogens is 1. The van der Waals surface area contributed by atoms with E-state index in [1.165, 1.54) is 0 Å². The average Bonchev–Trinajstić information content (AvgIpc) is 3.15. The van der Waals surface area contributed by atoms with Gasteiger partial charge in [0.2, 0.25) is 0 Å². The number of aromatic nitrogens is 2. The number of benzene rings is 2. The van der Waals surface area contributed by atoms with E-state index in [0.717, 1.165) is 16.5 Å². The Hall–Kier alpha value is -3.02. The molecule has 6 heteroatoms. The maximum Gasteiger partial charge on any atom is 0.256 e. The Balaban J connectivity index is 1.85. The van der Waals surface area contributed by atoms with Gasteiger partial charge in [-0.2, -0.15) is 5.10 Å². The van der Waals surface area contributed by atoms with Crippen molar-refractivity contribution < 1.29 is 14.3 Å². The molecule has 2 aromatic carbocycles. The van der Waals surface area contributed by atoms with Gasteiger partial charge in [0.25, 0.3) is 5.91 Å². The number of carbonyl (C=O) groups excluding carboxylic acids is 1. The number of hydrogen-bond acceptors (Lipinski definition) is 4. The van der Waals surface area contributed by atoms with Crippen LogP contribution in [0.2, 0.25) is 0 Å². The quantitative estimate of drug-likeness (QED) is 0.704. The lowest BCUT2D eigenvalue weighted by molar-refractivity contribution is 0.0754. The molecule has 26 heavy (non-hydrogen) atoms. The van der Waals surface area contributed by atoms with Crippen LogP contribution in [-0.4, -0.2) is 41.3 Å². The Morgan fingerprint density at radius 2 is 2.04 bits per heavy atom. The molecule has 6 nitrogen and oxygen atoms in total. The van der Waals surface area contributed by atoms with Crippen LogP contribution in [0.5, 0.6) is 11.5 Å². The zero-order chi connectivity index (χ0) is 18.5. The molecule has 0 aliphatic rings. The molecule has 136 valence electrons. The van der Waals surface area contributed by atoms with E-state index < -0.39 is 0 Å². The van der Waals surface area contributed by atoms with Crippen molar-refractivity contribution in [2.45, 2.75) is 20.4 Å². The van der Waals surface area contributed by atoms with Crippen LogP contribution in [0.3, 0.4) is 0 Å². The standard InChI is InChI=1S/C20H23N3O3/c1-4-23(13-14-9-10-17(26-5-2)18(11-14)25-3)20(24)16-8-6-7-15-12-21-22-19(15)16/h6-12H,4-5,13H2,1-3H3,(H,21,22). The Bertz CT molecular complexity index is 904. The average molecular weight is 353 g/mol. The fraction of sp³-hybridized carbons (Fsp3) is 0.300. The van der Waals surface area contributed by atoms with Crippen LogP contribution in [0, 0.1) is 0 Å². The molecule has 0 aliphatic carbocycles. The summed E-state index contributed by atoms with van der Waals surface area (Å²) in [6.45, 7) is 5.56. The molecule has 0 aliphatic heterocycles. The molecule has 1 N–H and O–H groups in total. The number of nitrogens with zero attached hydrogens (tertiary/aromatic N) is 2. The molecule has 3 rings (SSSR count). The second-order valence-electron chi connectivity index (χ2n) is 5.88. The van der Waals surface area contributed by atoms with E-state index in [1.54, 1.807) is 18.2 Å². The highest BCUT2D eigenvalue weighted by Gasteiger charge is 2.18. The van der Waals surface area contributed by atoms with Gasteiger partial charge in [-0.3, -0.25) is 9.89 Å². The predicted molar refractivity (Wildman–Crippen MR) is 101 cm³/mol. The summed E-state index contributed by atoms with van der Waals surface area (Å²) >= 11 is 0. The Morgan fingerprint density at radius 1 is 1.19 bits per heavy atom. The van der Waals surface area contributed by atoms with Crippen molar-refractivity contribution in [3.05, 3.63) is 53.7 Å². The molecule has 0 atom stereocenters. The van der Waals surface area contributed by atoms with E-state index in [9.17, 15) is 4.79 Å². The number of methoxy groups -OCH3 is 1. The summed E-state index contributed by atoms with van der Waals surface area (Å²) in [5.41, 5.74) is 2.37. The first-order valence-electron chi connectivity index (χ1n) is 8.69. The maximum atomic E-state index is 13.0. The van der Waals surface area contributed by atoms with Crippen LogP contribution < -0.4 is 9.47 Å². The highest BCUT2D eigenvalue weighted by atomic mass is 16.5. The van der Waals surface area contributed by atoms with Crippen LogP contribution in [0.4, 0.5) is 0 Å². The summed E-state index contributed by atoms with van der Waals surface area (Å²) in [5, 5.41) is 7.88. The number of amides is 1. The van der Waals surface area contributed by atoms with E-state index in [2.05, 4.69) is 10.2 Å². The number of rotatable bonds is 7. The Kier molecular flexibility index (Phi) is 5.41. The van der Waals surface area contributed by atoms with Crippen molar-refractivity contribution in [1.82, 2.24) is 15.1 Å². The maximum absolute atomic E-state index is 13.0.